The summed E-state index contributed by atoms with van der Waals surface area (Å²) in [7, 11) is -0.498. The summed E-state index contributed by atoms with van der Waals surface area (Å²) >= 11 is 0. The third kappa shape index (κ3) is 5.71. The number of rotatable bonds is 9. The van der Waals surface area contributed by atoms with E-state index < -0.39 is 15.9 Å². The van der Waals surface area contributed by atoms with Gasteiger partial charge in [-0.15, -0.1) is 0 Å². The molecule has 3 rings (SSSR count). The van der Waals surface area contributed by atoms with Crippen LogP contribution < -0.4 is 10.1 Å². The van der Waals surface area contributed by atoms with Crippen LogP contribution in [0.1, 0.15) is 17.0 Å². The Kier molecular flexibility index (Phi) is 7.44. The lowest BCUT2D eigenvalue weighted by atomic mass is 9.90. The molecule has 0 aromatic heterocycles. The zero-order chi connectivity index (χ0) is 22.3. The van der Waals surface area contributed by atoms with E-state index in [0.717, 1.165) is 15.4 Å². The second-order valence-corrected chi connectivity index (χ2v) is 9.30. The minimum absolute atomic E-state index is 0.103. The van der Waals surface area contributed by atoms with Crippen molar-refractivity contribution in [1.29, 1.82) is 0 Å². The first-order chi connectivity index (χ1) is 14.9. The SMILES string of the molecule is CN(C)S(=O)(=O)c1ccc(OCCNC(=O)C(c2ccccc2)c2ccccc2)cc1. The fourth-order valence-electron chi connectivity index (χ4n) is 3.15. The molecule has 31 heavy (non-hydrogen) atoms. The van der Waals surface area contributed by atoms with E-state index in [1.54, 1.807) is 12.1 Å². The van der Waals surface area contributed by atoms with Crippen molar-refractivity contribution in [2.45, 2.75) is 10.8 Å². The van der Waals surface area contributed by atoms with Crippen LogP contribution in [0, 0.1) is 0 Å². The fourth-order valence-corrected chi connectivity index (χ4v) is 4.05. The highest BCUT2D eigenvalue weighted by molar-refractivity contribution is 7.89. The highest BCUT2D eigenvalue weighted by Gasteiger charge is 2.22. The number of nitrogens with one attached hydrogen (secondary N) is 1. The predicted octanol–water partition coefficient (Wildman–Crippen LogP) is 3.26. The number of amides is 1. The molecule has 3 aromatic carbocycles. The van der Waals surface area contributed by atoms with E-state index in [1.807, 2.05) is 60.7 Å². The number of benzene rings is 3. The van der Waals surface area contributed by atoms with Crippen LogP contribution in [0.4, 0.5) is 0 Å². The molecule has 0 unspecified atom stereocenters. The average Bonchev–Trinajstić information content (AvgIpc) is 2.78. The summed E-state index contributed by atoms with van der Waals surface area (Å²) in [5.74, 6) is 0.0287. The van der Waals surface area contributed by atoms with Gasteiger partial charge in [-0.05, 0) is 35.4 Å². The van der Waals surface area contributed by atoms with E-state index >= 15 is 0 Å². The Balaban J connectivity index is 1.59. The summed E-state index contributed by atoms with van der Waals surface area (Å²) in [6.07, 6.45) is 0. The molecule has 0 aliphatic carbocycles. The first kappa shape index (κ1) is 22.5. The highest BCUT2D eigenvalue weighted by atomic mass is 32.2. The van der Waals surface area contributed by atoms with Gasteiger partial charge in [0.25, 0.3) is 0 Å². The van der Waals surface area contributed by atoms with Crippen molar-refractivity contribution in [2.24, 2.45) is 0 Å². The second-order valence-electron chi connectivity index (χ2n) is 7.15. The molecule has 0 bridgehead atoms. The maximum Gasteiger partial charge on any atom is 0.242 e. The van der Waals surface area contributed by atoms with Gasteiger partial charge in [0.1, 0.15) is 12.4 Å². The molecule has 0 atom stereocenters. The van der Waals surface area contributed by atoms with Crippen LogP contribution in [0.15, 0.2) is 89.8 Å². The molecule has 162 valence electrons. The zero-order valence-electron chi connectivity index (χ0n) is 17.6. The Morgan fingerprint density at radius 3 is 1.87 bits per heavy atom. The quantitative estimate of drug-likeness (QED) is 0.521. The number of ether oxygens (including phenoxy) is 1. The van der Waals surface area contributed by atoms with E-state index in [0.29, 0.717) is 12.3 Å². The van der Waals surface area contributed by atoms with Crippen molar-refractivity contribution >= 4 is 15.9 Å². The fraction of sp³-hybridized carbons (Fsp3) is 0.208. The first-order valence-corrected chi connectivity index (χ1v) is 11.4. The summed E-state index contributed by atoms with van der Waals surface area (Å²) in [4.78, 5) is 13.1. The number of hydrogen-bond donors (Lipinski definition) is 1. The van der Waals surface area contributed by atoms with E-state index in [4.69, 9.17) is 4.74 Å². The summed E-state index contributed by atoms with van der Waals surface area (Å²) in [5, 5.41) is 2.93. The van der Waals surface area contributed by atoms with Crippen LogP contribution in [0.5, 0.6) is 5.75 Å². The number of carbonyl (C=O) groups excluding carboxylic acids is 1. The van der Waals surface area contributed by atoms with Crippen LogP contribution in [-0.4, -0.2) is 45.9 Å². The Hall–Kier alpha value is -3.16. The van der Waals surface area contributed by atoms with E-state index in [-0.39, 0.29) is 17.4 Å². The monoisotopic (exact) mass is 438 g/mol. The third-order valence-corrected chi connectivity index (χ3v) is 6.63. The largest absolute Gasteiger partial charge is 0.492 e. The van der Waals surface area contributed by atoms with Gasteiger partial charge < -0.3 is 10.1 Å². The Labute approximate surface area is 183 Å². The molecule has 0 radical (unpaired) electrons. The molecule has 0 saturated carbocycles. The Morgan fingerprint density at radius 1 is 0.871 bits per heavy atom. The van der Waals surface area contributed by atoms with Crippen molar-refractivity contribution in [3.8, 4) is 5.75 Å². The van der Waals surface area contributed by atoms with Crippen molar-refractivity contribution in [3.05, 3.63) is 96.1 Å². The first-order valence-electron chi connectivity index (χ1n) is 9.92. The molecule has 7 heteroatoms. The molecule has 0 saturated heterocycles. The van der Waals surface area contributed by atoms with E-state index in [2.05, 4.69) is 5.32 Å². The van der Waals surface area contributed by atoms with Crippen molar-refractivity contribution in [1.82, 2.24) is 9.62 Å². The molecule has 0 aliphatic rings. The topological polar surface area (TPSA) is 75.7 Å². The molecule has 6 nitrogen and oxygen atoms in total. The maximum absolute atomic E-state index is 12.9. The molecule has 0 fully saturated rings. The van der Waals surface area contributed by atoms with Gasteiger partial charge in [0.05, 0.1) is 17.4 Å². The highest BCUT2D eigenvalue weighted by Crippen LogP contribution is 2.24. The summed E-state index contributed by atoms with van der Waals surface area (Å²) in [6, 6.07) is 25.5. The van der Waals surface area contributed by atoms with Crippen LogP contribution >= 0.6 is 0 Å². The van der Waals surface area contributed by atoms with E-state index in [9.17, 15) is 13.2 Å². The molecule has 1 N–H and O–H groups in total. The third-order valence-electron chi connectivity index (χ3n) is 4.80. The second kappa shape index (κ2) is 10.2. The maximum atomic E-state index is 12.9. The van der Waals surface area contributed by atoms with Crippen LogP contribution in [0.2, 0.25) is 0 Å². The minimum Gasteiger partial charge on any atom is -0.492 e. The summed E-state index contributed by atoms with van der Waals surface area (Å²) in [6.45, 7) is 0.592. The zero-order valence-corrected chi connectivity index (χ0v) is 18.4. The van der Waals surface area contributed by atoms with Crippen molar-refractivity contribution in [3.63, 3.8) is 0 Å². The lowest BCUT2D eigenvalue weighted by Gasteiger charge is -2.18. The molecular weight excluding hydrogens is 412 g/mol. The molecule has 0 spiro atoms. The van der Waals surface area contributed by atoms with Gasteiger partial charge in [-0.2, -0.15) is 0 Å². The summed E-state index contributed by atoms with van der Waals surface area (Å²) in [5.41, 5.74) is 1.84. The predicted molar refractivity (Wildman–Crippen MR) is 121 cm³/mol. The Bertz CT molecular complexity index is 1040. The van der Waals surface area contributed by atoms with Crippen molar-refractivity contribution < 1.29 is 17.9 Å². The molecular formula is C24H26N2O4S. The minimum atomic E-state index is -3.47. The van der Waals surface area contributed by atoms with Gasteiger partial charge in [0.15, 0.2) is 0 Å². The van der Waals surface area contributed by atoms with Crippen LogP contribution in [0.25, 0.3) is 0 Å². The van der Waals surface area contributed by atoms with Gasteiger partial charge in [-0.25, -0.2) is 12.7 Å². The van der Waals surface area contributed by atoms with Gasteiger partial charge in [0, 0.05) is 14.1 Å². The molecule has 0 aliphatic heterocycles. The lowest BCUT2D eigenvalue weighted by molar-refractivity contribution is -0.121. The van der Waals surface area contributed by atoms with Gasteiger partial charge >= 0.3 is 0 Å². The Morgan fingerprint density at radius 2 is 1.39 bits per heavy atom. The number of sulfonamides is 1. The molecule has 0 heterocycles. The van der Waals surface area contributed by atoms with Crippen LogP contribution in [-0.2, 0) is 14.8 Å². The molecule has 3 aromatic rings. The molecule has 1 amide bonds. The number of hydrogen-bond acceptors (Lipinski definition) is 4. The van der Waals surface area contributed by atoms with Crippen LogP contribution in [0.3, 0.4) is 0 Å². The van der Waals surface area contributed by atoms with Gasteiger partial charge in [-0.3, -0.25) is 4.79 Å². The number of carbonyl (C=O) groups is 1. The average molecular weight is 439 g/mol. The standard InChI is InChI=1S/C24H26N2O4S/c1-26(2)31(28,29)22-15-13-21(14-16-22)30-18-17-25-24(27)23(19-9-5-3-6-10-19)20-11-7-4-8-12-20/h3-16,23H,17-18H2,1-2H3,(H,25,27). The lowest BCUT2D eigenvalue weighted by Crippen LogP contribution is -2.33. The van der Waals surface area contributed by atoms with E-state index in [1.165, 1.54) is 26.2 Å². The van der Waals surface area contributed by atoms with Gasteiger partial charge in [0.2, 0.25) is 15.9 Å². The van der Waals surface area contributed by atoms with Crippen molar-refractivity contribution in [2.75, 3.05) is 27.2 Å². The number of nitrogens with zero attached hydrogens (tertiary/aromatic N) is 1. The normalized spacial score (nSPS) is 11.5. The smallest absolute Gasteiger partial charge is 0.242 e. The summed E-state index contributed by atoms with van der Waals surface area (Å²) < 4.78 is 31.0. The van der Waals surface area contributed by atoms with Gasteiger partial charge in [-0.1, -0.05) is 60.7 Å².